The number of alkyl halides is 3. The molecule has 0 radical (unpaired) electrons. The van der Waals surface area contributed by atoms with Gasteiger partial charge in [-0.1, -0.05) is 19.6 Å². The van der Waals surface area contributed by atoms with Crippen LogP contribution in [-0.2, 0) is 38.1 Å². The Bertz CT molecular complexity index is 3930. The highest BCUT2D eigenvalue weighted by Gasteiger charge is 2.50. The maximum atomic E-state index is 13.9. The Balaban J connectivity index is 0.000000146. The highest BCUT2D eigenvalue weighted by molar-refractivity contribution is 7.89. The van der Waals surface area contributed by atoms with Crippen LogP contribution in [0.3, 0.4) is 0 Å². The molecule has 12 rings (SSSR count). The molecular formula is C53H58ClF3N18O3SSi. The van der Waals surface area contributed by atoms with Gasteiger partial charge < -0.3 is 29.9 Å². The van der Waals surface area contributed by atoms with E-state index in [4.69, 9.17) is 4.74 Å². The normalized spacial score (nSPS) is 16.1. The van der Waals surface area contributed by atoms with Crippen LogP contribution >= 0.6 is 12.4 Å². The van der Waals surface area contributed by atoms with E-state index in [9.17, 15) is 37.4 Å². The highest BCUT2D eigenvalue weighted by Crippen LogP contribution is 2.37. The molecule has 416 valence electrons. The molecule has 80 heavy (non-hydrogen) atoms. The SMILES string of the molecule is CCS(=O)(=O)N1CC(CF)(n2cc(-c3c(C#N)cnc4[nH]ccc34)cn2)C1.C[Si](C)(C)CCOCn1ccc2c(-c3cnn(C4(CF)CNC4)c3)c(C#N)cnc21.Cl.N#Cc1cnc2[nH]ccc2c1-c1cnn(C2(CF)CNC2)c1. The molecule has 0 bridgehead atoms. The summed E-state index contributed by atoms with van der Waals surface area (Å²) in [6, 6.07) is 13.3. The summed E-state index contributed by atoms with van der Waals surface area (Å²) in [5.41, 5.74) is 5.66. The molecule has 0 amide bonds. The Morgan fingerprint density at radius 3 is 1.49 bits per heavy atom. The van der Waals surface area contributed by atoms with Crippen molar-refractivity contribution in [1.29, 1.82) is 15.8 Å². The van der Waals surface area contributed by atoms with Gasteiger partial charge in [-0.25, -0.2) is 36.5 Å². The second-order valence-electron chi connectivity index (χ2n) is 21.3. The van der Waals surface area contributed by atoms with Gasteiger partial charge in [0.2, 0.25) is 10.0 Å². The van der Waals surface area contributed by atoms with Crippen LogP contribution in [0.15, 0.2) is 92.6 Å². The van der Waals surface area contributed by atoms with Gasteiger partial charge in [-0.3, -0.25) is 14.0 Å². The van der Waals surface area contributed by atoms with Crippen molar-refractivity contribution in [1.82, 2.24) is 73.8 Å². The predicted octanol–water partition coefficient (Wildman–Crippen LogP) is 6.97. The zero-order valence-corrected chi connectivity index (χ0v) is 46.9. The Morgan fingerprint density at radius 1 is 0.650 bits per heavy atom. The lowest BCUT2D eigenvalue weighted by Crippen LogP contribution is -2.65. The number of hydrogen-bond acceptors (Lipinski definition) is 14. The van der Waals surface area contributed by atoms with Crippen molar-refractivity contribution in [2.24, 2.45) is 0 Å². The Kier molecular flexibility index (Phi) is 16.2. The van der Waals surface area contributed by atoms with E-state index in [0.29, 0.717) is 72.0 Å². The van der Waals surface area contributed by atoms with E-state index in [1.54, 1.807) is 65.9 Å². The summed E-state index contributed by atoms with van der Waals surface area (Å²) in [4.78, 5) is 19.0. The first-order valence-corrected chi connectivity index (χ1v) is 30.8. The van der Waals surface area contributed by atoms with Gasteiger partial charge in [0.25, 0.3) is 0 Å². The fourth-order valence-electron chi connectivity index (χ4n) is 9.86. The minimum Gasteiger partial charge on any atom is -0.361 e. The third-order valence-corrected chi connectivity index (χ3v) is 18.4. The quantitative estimate of drug-likeness (QED) is 0.0562. The number of hydrogen-bond donors (Lipinski definition) is 4. The summed E-state index contributed by atoms with van der Waals surface area (Å²) in [7, 11) is -4.50. The van der Waals surface area contributed by atoms with Crippen LogP contribution in [0.4, 0.5) is 13.2 Å². The van der Waals surface area contributed by atoms with E-state index in [0.717, 1.165) is 56.7 Å². The average molecular weight is 1150 g/mol. The zero-order chi connectivity index (χ0) is 55.7. The molecule has 0 spiro atoms. The molecule has 0 saturated carbocycles. The molecule has 21 nitrogen and oxygen atoms in total. The van der Waals surface area contributed by atoms with E-state index in [2.05, 4.69) is 88.7 Å². The second-order valence-corrected chi connectivity index (χ2v) is 29.2. The maximum Gasteiger partial charge on any atom is 0.213 e. The summed E-state index contributed by atoms with van der Waals surface area (Å²) >= 11 is 0. The topological polar surface area (TPSA) is 271 Å². The number of nitriles is 3. The van der Waals surface area contributed by atoms with Crippen LogP contribution in [0.2, 0.25) is 25.7 Å². The number of rotatable bonds is 16. The van der Waals surface area contributed by atoms with Crippen LogP contribution < -0.4 is 10.6 Å². The third-order valence-electron chi connectivity index (χ3n) is 14.9. The summed E-state index contributed by atoms with van der Waals surface area (Å²) in [6.45, 7) is 10.3. The van der Waals surface area contributed by atoms with E-state index < -0.39 is 54.7 Å². The van der Waals surface area contributed by atoms with Crippen molar-refractivity contribution in [3.05, 3.63) is 109 Å². The van der Waals surface area contributed by atoms with Crippen molar-refractivity contribution in [2.75, 3.05) is 71.7 Å². The first-order chi connectivity index (χ1) is 38.1. The Hall–Kier alpha value is -7.74. The molecule has 4 N–H and O–H groups in total. The summed E-state index contributed by atoms with van der Waals surface area (Å²) in [6.07, 6.45) is 20.3. The molecule has 0 unspecified atom stereocenters. The van der Waals surface area contributed by atoms with Gasteiger partial charge in [-0.05, 0) is 31.2 Å². The minimum atomic E-state index is -3.36. The number of H-pyrrole nitrogens is 2. The number of aromatic nitrogens is 12. The van der Waals surface area contributed by atoms with Gasteiger partial charge in [0.05, 0.1) is 41.0 Å². The van der Waals surface area contributed by atoms with Gasteiger partial charge in [-0.2, -0.15) is 35.4 Å². The number of aromatic amines is 2. The third kappa shape index (κ3) is 10.5. The largest absolute Gasteiger partial charge is 0.361 e. The lowest BCUT2D eigenvalue weighted by Gasteiger charge is -2.47. The first-order valence-electron chi connectivity index (χ1n) is 25.5. The molecule has 12 heterocycles. The Labute approximate surface area is 465 Å². The summed E-state index contributed by atoms with van der Waals surface area (Å²) < 4.78 is 78.7. The fourth-order valence-corrected chi connectivity index (χ4v) is 11.9. The molecule has 0 atom stereocenters. The number of ether oxygens (including phenoxy) is 1. The maximum absolute atomic E-state index is 13.9. The van der Waals surface area contributed by atoms with Crippen LogP contribution in [0.25, 0.3) is 66.5 Å². The van der Waals surface area contributed by atoms with Crippen LogP contribution in [0, 0.1) is 34.0 Å². The van der Waals surface area contributed by atoms with E-state index in [1.807, 2.05) is 41.4 Å². The van der Waals surface area contributed by atoms with Gasteiger partial charge in [-0.15, -0.1) is 12.4 Å². The number of fused-ring (bicyclic) bond motifs is 3. The number of nitrogens with zero attached hydrogens (tertiary/aromatic N) is 14. The molecule has 9 aromatic heterocycles. The second kappa shape index (κ2) is 22.8. The smallest absolute Gasteiger partial charge is 0.213 e. The van der Waals surface area contributed by atoms with Crippen LogP contribution in [-0.4, -0.2) is 151 Å². The van der Waals surface area contributed by atoms with Crippen LogP contribution in [0.5, 0.6) is 0 Å². The van der Waals surface area contributed by atoms with E-state index >= 15 is 0 Å². The fraction of sp³-hybridized carbons (Fsp3) is 0.377. The highest BCUT2D eigenvalue weighted by atomic mass is 35.5. The molecule has 0 aliphatic carbocycles. The van der Waals surface area contributed by atoms with Crippen molar-refractivity contribution in [3.8, 4) is 51.6 Å². The lowest BCUT2D eigenvalue weighted by molar-refractivity contribution is 0.0415. The van der Waals surface area contributed by atoms with Gasteiger partial charge in [0, 0.05) is 159 Å². The number of pyridine rings is 3. The lowest BCUT2D eigenvalue weighted by atomic mass is 9.94. The molecule has 27 heteroatoms. The standard InChI is InChI=1S/C21H27FN6OSi.C17H17FN6O2S.C15H13FN6.ClH/c1-30(2,3)7-6-29-15-27-5-4-18-19(16(8-23)9-25-20(18)27)17-10-26-28(11-17)21(12-22)13-24-14-21;1-2-27(25,26)23-10-17(9-18,11-23)24-8-13(7-22-24)15-12(5-19)6-21-16-14(15)3-4-20-16;16-7-15(8-18-9-15)22-6-11(5-21-22)13-10(3-17)4-20-14-12(13)1-2-19-14;/h4-5,9-11,24H,6-7,12-15H2,1-3H3;3-4,6-8H,2,9-11H2,1H3,(H,20,21);1-2,4-6,18H,7-9H2,(H,19,20);1H. The summed E-state index contributed by atoms with van der Waals surface area (Å²) in [5.74, 6) is -0.0201. The Morgan fingerprint density at radius 2 is 1.09 bits per heavy atom. The molecule has 3 aliphatic heterocycles. The minimum absolute atomic E-state index is 0. The van der Waals surface area contributed by atoms with E-state index in [1.165, 1.54) is 15.2 Å². The van der Waals surface area contributed by atoms with Crippen molar-refractivity contribution in [3.63, 3.8) is 0 Å². The number of sulfonamides is 1. The molecule has 0 aromatic carbocycles. The zero-order valence-electron chi connectivity index (χ0n) is 44.3. The average Bonchev–Trinajstić information content (AvgIpc) is 4.34. The van der Waals surface area contributed by atoms with Crippen molar-refractivity contribution < 1.29 is 26.3 Å². The van der Waals surface area contributed by atoms with Crippen LogP contribution in [0.1, 0.15) is 23.6 Å². The first kappa shape index (κ1) is 57.0. The van der Waals surface area contributed by atoms with Gasteiger partial charge in [0.1, 0.15) is 78.5 Å². The molecular weight excluding hydrogens is 1090 g/mol. The van der Waals surface area contributed by atoms with Crippen molar-refractivity contribution >= 4 is 63.6 Å². The number of nitrogens with one attached hydrogen (secondary N) is 4. The summed E-state index contributed by atoms with van der Waals surface area (Å²) in [5, 5.41) is 50.1. The van der Waals surface area contributed by atoms with E-state index in [-0.39, 0.29) is 31.2 Å². The monoisotopic (exact) mass is 1150 g/mol. The van der Waals surface area contributed by atoms with Crippen molar-refractivity contribution in [2.45, 2.75) is 56.0 Å². The molecule has 3 aliphatic rings. The van der Waals surface area contributed by atoms with Gasteiger partial charge >= 0.3 is 0 Å². The van der Waals surface area contributed by atoms with Gasteiger partial charge in [0.15, 0.2) is 0 Å². The molecule has 3 fully saturated rings. The number of halogens is 4. The molecule has 3 saturated heterocycles. The molecule has 9 aromatic rings. The predicted molar refractivity (Wildman–Crippen MR) is 300 cm³/mol.